The van der Waals surface area contributed by atoms with Gasteiger partial charge in [0.05, 0.1) is 0 Å². The average Bonchev–Trinajstić information content (AvgIpc) is 2.83. The summed E-state index contributed by atoms with van der Waals surface area (Å²) in [7, 11) is 0. The second-order valence-electron chi connectivity index (χ2n) is 4.48. The topological polar surface area (TPSA) is 66.9 Å². The monoisotopic (exact) mass is 274 g/mol. The van der Waals surface area contributed by atoms with Crippen LogP contribution in [-0.4, -0.2) is 22.6 Å². The summed E-state index contributed by atoms with van der Waals surface area (Å²) >= 11 is 1.37. The Kier molecular flexibility index (Phi) is 3.16. The number of fused-ring (bicyclic) bond motifs is 1. The van der Waals surface area contributed by atoms with Crippen LogP contribution in [-0.2, 0) is 6.42 Å². The van der Waals surface area contributed by atoms with Crippen molar-refractivity contribution < 1.29 is 4.79 Å². The first-order valence-corrected chi connectivity index (χ1v) is 7.02. The van der Waals surface area contributed by atoms with Gasteiger partial charge in [0.2, 0.25) is 5.13 Å². The van der Waals surface area contributed by atoms with Gasteiger partial charge in [0.15, 0.2) is 0 Å². The number of nitrogens with one attached hydrogen (secondary N) is 2. The highest BCUT2D eigenvalue weighted by molar-refractivity contribution is 7.15. The minimum absolute atomic E-state index is 0.135. The van der Waals surface area contributed by atoms with E-state index in [4.69, 9.17) is 0 Å². The molecule has 0 aliphatic carbocycles. The van der Waals surface area contributed by atoms with E-state index >= 15 is 0 Å². The minimum atomic E-state index is -0.135. The number of hydrogen-bond donors (Lipinski definition) is 2. The van der Waals surface area contributed by atoms with Crippen molar-refractivity contribution in [3.05, 3.63) is 34.3 Å². The third-order valence-corrected chi connectivity index (χ3v) is 3.81. The molecule has 0 spiro atoms. The zero-order chi connectivity index (χ0) is 13.2. The largest absolute Gasteiger partial charge is 0.385 e. The molecule has 1 aliphatic rings. The first kappa shape index (κ1) is 12.1. The molecular formula is C13H14N4OS. The van der Waals surface area contributed by atoms with Crippen LogP contribution in [0.3, 0.4) is 0 Å². The predicted octanol–water partition coefficient (Wildman–Crippen LogP) is 2.46. The second kappa shape index (κ2) is 4.97. The normalized spacial score (nSPS) is 13.5. The van der Waals surface area contributed by atoms with Crippen molar-refractivity contribution in [3.63, 3.8) is 0 Å². The fourth-order valence-electron chi connectivity index (χ4n) is 2.13. The van der Waals surface area contributed by atoms with Gasteiger partial charge in [0, 0.05) is 17.8 Å². The smallest absolute Gasteiger partial charge is 0.257 e. The van der Waals surface area contributed by atoms with Gasteiger partial charge in [-0.3, -0.25) is 10.1 Å². The Labute approximate surface area is 115 Å². The molecule has 0 radical (unpaired) electrons. The van der Waals surface area contributed by atoms with Crippen LogP contribution in [0.4, 0.5) is 10.8 Å². The molecule has 0 saturated heterocycles. The van der Waals surface area contributed by atoms with Gasteiger partial charge in [-0.15, -0.1) is 10.2 Å². The molecule has 2 aromatic rings. The Morgan fingerprint density at radius 1 is 1.42 bits per heavy atom. The second-order valence-corrected chi connectivity index (χ2v) is 5.66. The number of rotatable bonds is 2. The summed E-state index contributed by atoms with van der Waals surface area (Å²) in [5, 5.41) is 15.2. The molecular weight excluding hydrogens is 260 g/mol. The molecule has 1 aromatic carbocycles. The Morgan fingerprint density at radius 3 is 3.11 bits per heavy atom. The molecule has 0 unspecified atom stereocenters. The van der Waals surface area contributed by atoms with E-state index in [2.05, 4.69) is 20.8 Å². The van der Waals surface area contributed by atoms with Gasteiger partial charge in [-0.25, -0.2) is 0 Å². The van der Waals surface area contributed by atoms with Gasteiger partial charge in [0.25, 0.3) is 5.91 Å². The number of aromatic nitrogens is 2. The predicted molar refractivity (Wildman–Crippen MR) is 75.9 cm³/mol. The Bertz CT molecular complexity index is 623. The number of aryl methyl sites for hydroxylation is 2. The first-order chi connectivity index (χ1) is 9.22. The number of carbonyl (C=O) groups excluding carboxylic acids is 1. The molecule has 1 amide bonds. The summed E-state index contributed by atoms with van der Waals surface area (Å²) in [6, 6.07) is 5.75. The summed E-state index contributed by atoms with van der Waals surface area (Å²) in [6.45, 7) is 2.86. The van der Waals surface area contributed by atoms with Crippen LogP contribution in [0.25, 0.3) is 0 Å². The lowest BCUT2D eigenvalue weighted by Gasteiger charge is -2.18. The first-order valence-electron chi connectivity index (χ1n) is 6.20. The highest BCUT2D eigenvalue weighted by Crippen LogP contribution is 2.23. The molecule has 0 fully saturated rings. The van der Waals surface area contributed by atoms with E-state index in [1.807, 2.05) is 25.1 Å². The molecule has 3 rings (SSSR count). The summed E-state index contributed by atoms with van der Waals surface area (Å²) < 4.78 is 0. The van der Waals surface area contributed by atoms with Crippen molar-refractivity contribution in [2.45, 2.75) is 19.8 Å². The molecule has 5 nitrogen and oxygen atoms in total. The zero-order valence-corrected chi connectivity index (χ0v) is 11.4. The third kappa shape index (κ3) is 2.58. The van der Waals surface area contributed by atoms with E-state index in [1.54, 1.807) is 0 Å². The van der Waals surface area contributed by atoms with Crippen molar-refractivity contribution in [2.24, 2.45) is 0 Å². The van der Waals surface area contributed by atoms with Gasteiger partial charge >= 0.3 is 0 Å². The number of hydrogen-bond acceptors (Lipinski definition) is 5. The van der Waals surface area contributed by atoms with Gasteiger partial charge in [-0.1, -0.05) is 11.3 Å². The molecule has 19 heavy (non-hydrogen) atoms. The highest BCUT2D eigenvalue weighted by atomic mass is 32.1. The SMILES string of the molecule is Cc1nnc(NC(=O)c2ccc3c(c2)CCCN3)s1. The quantitative estimate of drug-likeness (QED) is 0.882. The van der Waals surface area contributed by atoms with Crippen molar-refractivity contribution >= 4 is 28.1 Å². The zero-order valence-electron chi connectivity index (χ0n) is 10.6. The van der Waals surface area contributed by atoms with E-state index in [-0.39, 0.29) is 5.91 Å². The lowest BCUT2D eigenvalue weighted by atomic mass is 10.0. The molecule has 2 N–H and O–H groups in total. The third-order valence-electron chi connectivity index (χ3n) is 3.05. The van der Waals surface area contributed by atoms with E-state index in [0.29, 0.717) is 10.7 Å². The molecule has 6 heteroatoms. The lowest BCUT2D eigenvalue weighted by molar-refractivity contribution is 0.102. The highest BCUT2D eigenvalue weighted by Gasteiger charge is 2.13. The molecule has 0 atom stereocenters. The molecule has 2 heterocycles. The summed E-state index contributed by atoms with van der Waals surface area (Å²) in [4.78, 5) is 12.1. The van der Waals surface area contributed by atoms with Gasteiger partial charge in [0.1, 0.15) is 5.01 Å². The van der Waals surface area contributed by atoms with Crippen molar-refractivity contribution in [3.8, 4) is 0 Å². The number of amides is 1. The summed E-state index contributed by atoms with van der Waals surface area (Å²) in [6.07, 6.45) is 2.12. The van der Waals surface area contributed by atoms with Crippen LogP contribution < -0.4 is 10.6 Å². The fraction of sp³-hybridized carbons (Fsp3) is 0.308. The Balaban J connectivity index is 1.80. The van der Waals surface area contributed by atoms with Crippen LogP contribution in [0.1, 0.15) is 27.3 Å². The van der Waals surface area contributed by atoms with Crippen LogP contribution in [0.5, 0.6) is 0 Å². The maximum Gasteiger partial charge on any atom is 0.257 e. The Hall–Kier alpha value is -1.95. The lowest BCUT2D eigenvalue weighted by Crippen LogP contribution is -2.15. The van der Waals surface area contributed by atoms with Gasteiger partial charge in [-0.05, 0) is 43.5 Å². The molecule has 1 aliphatic heterocycles. The molecule has 1 aromatic heterocycles. The van der Waals surface area contributed by atoms with Crippen molar-refractivity contribution in [1.82, 2.24) is 10.2 Å². The molecule has 0 saturated carbocycles. The van der Waals surface area contributed by atoms with Gasteiger partial charge < -0.3 is 5.32 Å². The molecule has 98 valence electrons. The van der Waals surface area contributed by atoms with Gasteiger partial charge in [-0.2, -0.15) is 0 Å². The minimum Gasteiger partial charge on any atom is -0.385 e. The standard InChI is InChI=1S/C13H14N4OS/c1-8-16-17-13(19-8)15-12(18)10-4-5-11-9(7-10)3-2-6-14-11/h4-5,7,14H,2-3,6H2,1H3,(H,15,17,18). The number of anilines is 2. The maximum absolute atomic E-state index is 12.1. The van der Waals surface area contributed by atoms with E-state index in [0.717, 1.165) is 30.1 Å². The Morgan fingerprint density at radius 2 is 2.32 bits per heavy atom. The fourth-order valence-corrected chi connectivity index (χ4v) is 2.72. The number of benzene rings is 1. The average molecular weight is 274 g/mol. The van der Waals surface area contributed by atoms with E-state index in [1.165, 1.54) is 16.9 Å². The summed E-state index contributed by atoms with van der Waals surface area (Å²) in [5.74, 6) is -0.135. The molecule has 0 bridgehead atoms. The summed E-state index contributed by atoms with van der Waals surface area (Å²) in [5.41, 5.74) is 3.00. The maximum atomic E-state index is 12.1. The van der Waals surface area contributed by atoms with Crippen LogP contribution in [0.2, 0.25) is 0 Å². The van der Waals surface area contributed by atoms with E-state index < -0.39 is 0 Å². The van der Waals surface area contributed by atoms with Crippen molar-refractivity contribution in [2.75, 3.05) is 17.2 Å². The van der Waals surface area contributed by atoms with Crippen LogP contribution >= 0.6 is 11.3 Å². The number of nitrogens with zero attached hydrogens (tertiary/aromatic N) is 2. The number of carbonyl (C=O) groups is 1. The van der Waals surface area contributed by atoms with Crippen LogP contribution in [0, 0.1) is 6.92 Å². The van der Waals surface area contributed by atoms with Crippen molar-refractivity contribution in [1.29, 1.82) is 0 Å². The van der Waals surface area contributed by atoms with Crippen LogP contribution in [0.15, 0.2) is 18.2 Å². The van der Waals surface area contributed by atoms with E-state index in [9.17, 15) is 4.79 Å².